The predicted molar refractivity (Wildman–Crippen MR) is 90.2 cm³/mol. The Morgan fingerprint density at radius 1 is 1.35 bits per heavy atom. The topological polar surface area (TPSA) is 15.3 Å². The molecule has 1 aliphatic heterocycles. The molecule has 0 bridgehead atoms. The molecule has 1 atom stereocenters. The van der Waals surface area contributed by atoms with Gasteiger partial charge in [0.1, 0.15) is 0 Å². The van der Waals surface area contributed by atoms with Crippen LogP contribution in [0.5, 0.6) is 0 Å². The van der Waals surface area contributed by atoms with Gasteiger partial charge in [-0.2, -0.15) is 11.8 Å². The fourth-order valence-electron chi connectivity index (χ4n) is 2.57. The summed E-state index contributed by atoms with van der Waals surface area (Å²) < 4.78 is 0. The molecule has 1 fully saturated rings. The third-order valence-corrected chi connectivity index (χ3v) is 4.95. The fourth-order valence-corrected chi connectivity index (χ4v) is 3.66. The number of nitrogens with zero attached hydrogens (tertiary/aromatic N) is 1. The van der Waals surface area contributed by atoms with Gasteiger partial charge in [-0.15, -0.1) is 0 Å². The Morgan fingerprint density at radius 3 is 2.90 bits per heavy atom. The van der Waals surface area contributed by atoms with Crippen molar-refractivity contribution in [1.82, 2.24) is 10.2 Å². The second kappa shape index (κ2) is 8.06. The van der Waals surface area contributed by atoms with Gasteiger partial charge in [0.2, 0.25) is 0 Å². The molecule has 20 heavy (non-hydrogen) atoms. The van der Waals surface area contributed by atoms with Gasteiger partial charge < -0.3 is 5.32 Å². The van der Waals surface area contributed by atoms with E-state index >= 15 is 0 Å². The van der Waals surface area contributed by atoms with Crippen LogP contribution in [0.4, 0.5) is 0 Å². The summed E-state index contributed by atoms with van der Waals surface area (Å²) in [7, 11) is 0. The molecular formula is C17H28N2S. The standard InChI is InChI=1S/C17H28N2S/c1-14(2)10-18-11-16-5-4-6-17(9-16)12-19-7-8-20-13-15(19)3/h4-6,9,14-15,18H,7-8,10-13H2,1-3H3. The van der Waals surface area contributed by atoms with Crippen LogP contribution in [0.2, 0.25) is 0 Å². The van der Waals surface area contributed by atoms with Gasteiger partial charge >= 0.3 is 0 Å². The van der Waals surface area contributed by atoms with E-state index in [0.717, 1.165) is 19.6 Å². The summed E-state index contributed by atoms with van der Waals surface area (Å²) in [6.07, 6.45) is 0. The van der Waals surface area contributed by atoms with Gasteiger partial charge in [0.05, 0.1) is 0 Å². The first kappa shape index (κ1) is 15.9. The van der Waals surface area contributed by atoms with Crippen LogP contribution in [0.15, 0.2) is 24.3 Å². The molecule has 1 saturated heterocycles. The number of hydrogen-bond donors (Lipinski definition) is 1. The molecule has 112 valence electrons. The normalized spacial score (nSPS) is 20.5. The summed E-state index contributed by atoms with van der Waals surface area (Å²) in [5.41, 5.74) is 2.86. The van der Waals surface area contributed by atoms with Crippen LogP contribution in [0, 0.1) is 5.92 Å². The maximum atomic E-state index is 3.52. The first-order valence-electron chi connectivity index (χ1n) is 7.75. The highest BCUT2D eigenvalue weighted by molar-refractivity contribution is 7.99. The summed E-state index contributed by atoms with van der Waals surface area (Å²) in [6, 6.07) is 9.76. The van der Waals surface area contributed by atoms with Gasteiger partial charge in [0, 0.05) is 37.2 Å². The molecular weight excluding hydrogens is 264 g/mol. The lowest BCUT2D eigenvalue weighted by Crippen LogP contribution is -2.39. The van der Waals surface area contributed by atoms with Crippen molar-refractivity contribution in [3.63, 3.8) is 0 Å². The number of thioether (sulfide) groups is 1. The number of rotatable bonds is 6. The Balaban J connectivity index is 1.88. The zero-order valence-electron chi connectivity index (χ0n) is 13.1. The van der Waals surface area contributed by atoms with Crippen LogP contribution < -0.4 is 5.32 Å². The van der Waals surface area contributed by atoms with Crippen molar-refractivity contribution in [3.8, 4) is 0 Å². The van der Waals surface area contributed by atoms with Gasteiger partial charge in [0.25, 0.3) is 0 Å². The Hall–Kier alpha value is -0.510. The maximum absolute atomic E-state index is 3.52. The zero-order chi connectivity index (χ0) is 14.4. The lowest BCUT2D eigenvalue weighted by atomic mass is 10.1. The lowest BCUT2D eigenvalue weighted by molar-refractivity contribution is 0.224. The quantitative estimate of drug-likeness (QED) is 0.865. The van der Waals surface area contributed by atoms with E-state index in [-0.39, 0.29) is 0 Å². The van der Waals surface area contributed by atoms with E-state index in [1.807, 2.05) is 0 Å². The molecule has 1 N–H and O–H groups in total. The van der Waals surface area contributed by atoms with E-state index in [1.54, 1.807) is 0 Å². The highest BCUT2D eigenvalue weighted by Gasteiger charge is 2.18. The summed E-state index contributed by atoms with van der Waals surface area (Å²) in [5, 5.41) is 3.52. The monoisotopic (exact) mass is 292 g/mol. The molecule has 0 saturated carbocycles. The van der Waals surface area contributed by atoms with E-state index in [1.165, 1.54) is 29.2 Å². The van der Waals surface area contributed by atoms with Crippen LogP contribution in [-0.4, -0.2) is 35.5 Å². The summed E-state index contributed by atoms with van der Waals surface area (Å²) in [4.78, 5) is 2.61. The summed E-state index contributed by atoms with van der Waals surface area (Å²) in [5.74, 6) is 3.26. The predicted octanol–water partition coefficient (Wildman–Crippen LogP) is 3.37. The molecule has 1 aromatic rings. The zero-order valence-corrected chi connectivity index (χ0v) is 13.9. The SMILES string of the molecule is CC(C)CNCc1cccc(CN2CCSCC2C)c1. The Labute approximate surface area is 128 Å². The molecule has 1 unspecified atom stereocenters. The van der Waals surface area contributed by atoms with Crippen molar-refractivity contribution in [2.45, 2.75) is 39.9 Å². The second-order valence-electron chi connectivity index (χ2n) is 6.24. The van der Waals surface area contributed by atoms with Crippen molar-refractivity contribution < 1.29 is 0 Å². The summed E-state index contributed by atoms with van der Waals surface area (Å²) >= 11 is 2.08. The third kappa shape index (κ3) is 5.12. The molecule has 0 radical (unpaired) electrons. The number of benzene rings is 1. The second-order valence-corrected chi connectivity index (χ2v) is 7.39. The average Bonchev–Trinajstić information content (AvgIpc) is 2.41. The molecule has 0 aliphatic carbocycles. The highest BCUT2D eigenvalue weighted by Crippen LogP contribution is 2.19. The molecule has 1 aromatic carbocycles. The van der Waals surface area contributed by atoms with Crippen LogP contribution in [0.25, 0.3) is 0 Å². The van der Waals surface area contributed by atoms with E-state index in [4.69, 9.17) is 0 Å². The molecule has 1 heterocycles. The molecule has 3 heteroatoms. The Bertz CT molecular complexity index is 406. The minimum atomic E-state index is 0.705. The first-order chi connectivity index (χ1) is 9.65. The average molecular weight is 292 g/mol. The van der Waals surface area contributed by atoms with Gasteiger partial charge in [-0.05, 0) is 30.5 Å². The third-order valence-electron chi connectivity index (χ3n) is 3.76. The lowest BCUT2D eigenvalue weighted by Gasteiger charge is -2.33. The molecule has 0 amide bonds. The van der Waals surface area contributed by atoms with Crippen molar-refractivity contribution in [2.75, 3.05) is 24.6 Å². The van der Waals surface area contributed by atoms with E-state index in [9.17, 15) is 0 Å². The van der Waals surface area contributed by atoms with Crippen molar-refractivity contribution in [1.29, 1.82) is 0 Å². The van der Waals surface area contributed by atoms with Gasteiger partial charge in [-0.1, -0.05) is 38.1 Å². The molecule has 2 nitrogen and oxygen atoms in total. The number of nitrogens with one attached hydrogen (secondary N) is 1. The highest BCUT2D eigenvalue weighted by atomic mass is 32.2. The van der Waals surface area contributed by atoms with E-state index < -0.39 is 0 Å². The van der Waals surface area contributed by atoms with Crippen LogP contribution >= 0.6 is 11.8 Å². The van der Waals surface area contributed by atoms with Crippen molar-refractivity contribution in [2.24, 2.45) is 5.92 Å². The first-order valence-corrected chi connectivity index (χ1v) is 8.91. The number of hydrogen-bond acceptors (Lipinski definition) is 3. The fraction of sp³-hybridized carbons (Fsp3) is 0.647. The van der Waals surface area contributed by atoms with E-state index in [2.05, 4.69) is 67.0 Å². The van der Waals surface area contributed by atoms with E-state index in [0.29, 0.717) is 12.0 Å². The maximum Gasteiger partial charge on any atom is 0.0237 e. The summed E-state index contributed by atoms with van der Waals surface area (Å²) in [6.45, 7) is 11.2. The molecule has 2 rings (SSSR count). The molecule has 0 spiro atoms. The molecule has 1 aliphatic rings. The van der Waals surface area contributed by atoms with Crippen molar-refractivity contribution >= 4 is 11.8 Å². The van der Waals surface area contributed by atoms with Crippen LogP contribution in [0.1, 0.15) is 31.9 Å². The van der Waals surface area contributed by atoms with Gasteiger partial charge in [-0.3, -0.25) is 4.90 Å². The smallest absolute Gasteiger partial charge is 0.0237 e. The largest absolute Gasteiger partial charge is 0.312 e. The molecule has 0 aromatic heterocycles. The van der Waals surface area contributed by atoms with Crippen molar-refractivity contribution in [3.05, 3.63) is 35.4 Å². The minimum absolute atomic E-state index is 0.705. The minimum Gasteiger partial charge on any atom is -0.312 e. The van der Waals surface area contributed by atoms with Crippen LogP contribution in [-0.2, 0) is 13.1 Å². The van der Waals surface area contributed by atoms with Gasteiger partial charge in [0.15, 0.2) is 0 Å². The van der Waals surface area contributed by atoms with Gasteiger partial charge in [-0.25, -0.2) is 0 Å². The van der Waals surface area contributed by atoms with Crippen LogP contribution in [0.3, 0.4) is 0 Å². The Morgan fingerprint density at radius 2 is 2.15 bits per heavy atom. The Kier molecular flexibility index (Phi) is 6.40.